The summed E-state index contributed by atoms with van der Waals surface area (Å²) in [6, 6.07) is 40.2. The molecule has 1 heterocycles. The maximum atomic E-state index is 14.0. The Morgan fingerprint density at radius 1 is 0.521 bits per heavy atom. The molecular formula is C40H38N2O6. The average Bonchev–Trinajstić information content (AvgIpc) is 3.16. The Morgan fingerprint density at radius 2 is 0.938 bits per heavy atom. The van der Waals surface area contributed by atoms with Crippen molar-refractivity contribution < 1.29 is 28.5 Å². The molecule has 6 rings (SSSR count). The van der Waals surface area contributed by atoms with Crippen LogP contribution < -0.4 is 18.9 Å². The van der Waals surface area contributed by atoms with Gasteiger partial charge in [-0.1, -0.05) is 103 Å². The molecule has 48 heavy (non-hydrogen) atoms. The molecule has 244 valence electrons. The second-order valence-corrected chi connectivity index (χ2v) is 11.4. The molecule has 8 nitrogen and oxygen atoms in total. The smallest absolute Gasteiger partial charge is 0.257 e. The van der Waals surface area contributed by atoms with Crippen LogP contribution in [0.2, 0.25) is 0 Å². The quantitative estimate of drug-likeness (QED) is 0.146. The Kier molecular flexibility index (Phi) is 10.5. The zero-order valence-corrected chi connectivity index (χ0v) is 26.9. The van der Waals surface area contributed by atoms with E-state index in [4.69, 9.17) is 18.9 Å². The number of para-hydroxylation sites is 1. The average molecular weight is 643 g/mol. The Labute approximate surface area is 281 Å². The number of carbonyl (C=O) groups is 2. The van der Waals surface area contributed by atoms with Crippen molar-refractivity contribution in [2.75, 3.05) is 33.3 Å². The molecule has 0 N–H and O–H groups in total. The van der Waals surface area contributed by atoms with Gasteiger partial charge in [0.25, 0.3) is 11.8 Å². The number of hydrogen-bond acceptors (Lipinski definition) is 6. The number of rotatable bonds is 12. The van der Waals surface area contributed by atoms with E-state index in [0.29, 0.717) is 66.9 Å². The number of benzene rings is 5. The van der Waals surface area contributed by atoms with Gasteiger partial charge in [0.1, 0.15) is 25.6 Å². The summed E-state index contributed by atoms with van der Waals surface area (Å²) in [5, 5.41) is 0. The molecule has 0 saturated carbocycles. The number of carbonyl (C=O) groups excluding carboxylic acids is 2. The fraction of sp³-hybridized carbons (Fsp3) is 0.200. The molecule has 0 bridgehead atoms. The van der Waals surface area contributed by atoms with Crippen molar-refractivity contribution >= 4 is 11.8 Å². The van der Waals surface area contributed by atoms with E-state index in [1.165, 1.54) is 0 Å². The number of amides is 2. The third-order valence-corrected chi connectivity index (χ3v) is 8.16. The van der Waals surface area contributed by atoms with Crippen LogP contribution in [0.4, 0.5) is 0 Å². The molecule has 1 aliphatic rings. The highest BCUT2D eigenvalue weighted by atomic mass is 16.5. The van der Waals surface area contributed by atoms with Crippen molar-refractivity contribution in [1.29, 1.82) is 0 Å². The SMILES string of the molecule is COc1ccccc1C(=O)N1CCN(C(=O)c2cc(OCc3ccccc3)c(OCc3ccccc3)c(OCc3ccccc3)c2)CC1. The molecule has 1 fully saturated rings. The lowest BCUT2D eigenvalue weighted by molar-refractivity contribution is 0.0533. The van der Waals surface area contributed by atoms with Crippen molar-refractivity contribution in [1.82, 2.24) is 9.80 Å². The maximum Gasteiger partial charge on any atom is 0.257 e. The first kappa shape index (κ1) is 32.2. The summed E-state index contributed by atoms with van der Waals surface area (Å²) in [6.45, 7) is 2.41. The van der Waals surface area contributed by atoms with Crippen LogP contribution in [-0.4, -0.2) is 54.9 Å². The highest BCUT2D eigenvalue weighted by Crippen LogP contribution is 2.41. The van der Waals surface area contributed by atoms with Gasteiger partial charge in [-0.15, -0.1) is 0 Å². The van der Waals surface area contributed by atoms with Crippen molar-refractivity contribution in [2.24, 2.45) is 0 Å². The van der Waals surface area contributed by atoms with Gasteiger partial charge in [0.05, 0.1) is 12.7 Å². The van der Waals surface area contributed by atoms with Gasteiger partial charge in [0.15, 0.2) is 11.5 Å². The summed E-state index contributed by atoms with van der Waals surface area (Å²) in [5.74, 6) is 1.48. The van der Waals surface area contributed by atoms with E-state index >= 15 is 0 Å². The van der Waals surface area contributed by atoms with E-state index in [-0.39, 0.29) is 25.0 Å². The largest absolute Gasteiger partial charge is 0.496 e. The van der Waals surface area contributed by atoms with Crippen molar-refractivity contribution in [3.05, 3.63) is 155 Å². The number of ether oxygens (including phenoxy) is 4. The Bertz CT molecular complexity index is 1740. The van der Waals surface area contributed by atoms with E-state index in [2.05, 4.69) is 0 Å². The summed E-state index contributed by atoms with van der Waals surface area (Å²) >= 11 is 0. The molecule has 0 aliphatic carbocycles. The van der Waals surface area contributed by atoms with E-state index in [0.717, 1.165) is 16.7 Å². The molecule has 0 radical (unpaired) electrons. The molecule has 1 saturated heterocycles. The molecule has 5 aromatic carbocycles. The molecular weight excluding hydrogens is 604 g/mol. The Balaban J connectivity index is 1.26. The summed E-state index contributed by atoms with van der Waals surface area (Å²) in [7, 11) is 1.55. The topological polar surface area (TPSA) is 77.5 Å². The van der Waals surface area contributed by atoms with Gasteiger partial charge in [-0.2, -0.15) is 0 Å². The van der Waals surface area contributed by atoms with Crippen molar-refractivity contribution in [2.45, 2.75) is 19.8 Å². The molecule has 5 aromatic rings. The lowest BCUT2D eigenvalue weighted by Crippen LogP contribution is -2.50. The number of methoxy groups -OCH3 is 1. The van der Waals surface area contributed by atoms with Crippen LogP contribution in [0, 0.1) is 0 Å². The summed E-state index contributed by atoms with van der Waals surface area (Å²) in [6.07, 6.45) is 0. The lowest BCUT2D eigenvalue weighted by Gasteiger charge is -2.35. The van der Waals surface area contributed by atoms with Crippen LogP contribution in [0.25, 0.3) is 0 Å². The highest BCUT2D eigenvalue weighted by Gasteiger charge is 2.28. The second-order valence-electron chi connectivity index (χ2n) is 11.4. The summed E-state index contributed by atoms with van der Waals surface area (Å²) in [4.78, 5) is 30.8. The first-order chi connectivity index (χ1) is 23.6. The van der Waals surface area contributed by atoms with Crippen LogP contribution in [0.3, 0.4) is 0 Å². The van der Waals surface area contributed by atoms with Gasteiger partial charge in [-0.05, 0) is 41.0 Å². The fourth-order valence-corrected chi connectivity index (χ4v) is 5.54. The molecule has 1 aliphatic heterocycles. The molecule has 0 aromatic heterocycles. The predicted molar refractivity (Wildman–Crippen MR) is 184 cm³/mol. The van der Waals surface area contributed by atoms with Gasteiger partial charge >= 0.3 is 0 Å². The van der Waals surface area contributed by atoms with Gasteiger partial charge in [0, 0.05) is 31.7 Å². The molecule has 0 atom stereocenters. The van der Waals surface area contributed by atoms with E-state index in [9.17, 15) is 9.59 Å². The lowest BCUT2D eigenvalue weighted by atomic mass is 10.1. The van der Waals surface area contributed by atoms with Crippen LogP contribution in [-0.2, 0) is 19.8 Å². The normalized spacial score (nSPS) is 12.7. The Hall–Kier alpha value is -5.76. The van der Waals surface area contributed by atoms with E-state index in [1.54, 1.807) is 41.2 Å². The van der Waals surface area contributed by atoms with Crippen molar-refractivity contribution in [3.63, 3.8) is 0 Å². The number of hydrogen-bond donors (Lipinski definition) is 0. The van der Waals surface area contributed by atoms with Crippen molar-refractivity contribution in [3.8, 4) is 23.0 Å². The minimum atomic E-state index is -0.178. The predicted octanol–water partition coefficient (Wildman–Crippen LogP) is 7.03. The van der Waals surface area contributed by atoms with Crippen LogP contribution in [0.15, 0.2) is 127 Å². The standard InChI is InChI=1S/C40H38N2O6/c1-45-35-20-12-11-19-34(35)40(44)42-23-21-41(22-24-42)39(43)33-25-36(46-27-30-13-5-2-6-14-30)38(48-29-32-17-9-4-10-18-32)37(26-33)47-28-31-15-7-3-8-16-31/h2-20,25-26H,21-24,27-29H2,1H3. The fourth-order valence-electron chi connectivity index (χ4n) is 5.54. The summed E-state index contributed by atoms with van der Waals surface area (Å²) in [5.41, 5.74) is 3.86. The molecule has 0 unspecified atom stereocenters. The maximum absolute atomic E-state index is 14.0. The van der Waals surface area contributed by atoms with Crippen LogP contribution in [0.1, 0.15) is 37.4 Å². The third-order valence-electron chi connectivity index (χ3n) is 8.16. The first-order valence-corrected chi connectivity index (χ1v) is 16.0. The van der Waals surface area contributed by atoms with Crippen LogP contribution in [0.5, 0.6) is 23.0 Å². The number of piperazine rings is 1. The molecule has 8 heteroatoms. The highest BCUT2D eigenvalue weighted by molar-refractivity contribution is 5.98. The third kappa shape index (κ3) is 7.96. The first-order valence-electron chi connectivity index (χ1n) is 16.0. The molecule has 2 amide bonds. The van der Waals surface area contributed by atoms with E-state index in [1.807, 2.05) is 103 Å². The second kappa shape index (κ2) is 15.7. The zero-order valence-electron chi connectivity index (χ0n) is 26.9. The minimum Gasteiger partial charge on any atom is -0.496 e. The monoisotopic (exact) mass is 642 g/mol. The Morgan fingerprint density at radius 3 is 1.42 bits per heavy atom. The number of nitrogens with zero attached hydrogens (tertiary/aromatic N) is 2. The molecule has 0 spiro atoms. The van der Waals surface area contributed by atoms with Gasteiger partial charge in [0.2, 0.25) is 5.75 Å². The van der Waals surface area contributed by atoms with Gasteiger partial charge < -0.3 is 28.7 Å². The summed E-state index contributed by atoms with van der Waals surface area (Å²) < 4.78 is 24.5. The van der Waals surface area contributed by atoms with Gasteiger partial charge in [-0.3, -0.25) is 9.59 Å². The van der Waals surface area contributed by atoms with Gasteiger partial charge in [-0.25, -0.2) is 0 Å². The zero-order chi connectivity index (χ0) is 33.1. The minimum absolute atomic E-state index is 0.118. The van der Waals surface area contributed by atoms with E-state index < -0.39 is 0 Å². The van der Waals surface area contributed by atoms with Crippen LogP contribution >= 0.6 is 0 Å².